The number of nitrogen functional groups attached to an aromatic ring is 1. The highest BCUT2D eigenvalue weighted by molar-refractivity contribution is 6.00. The summed E-state index contributed by atoms with van der Waals surface area (Å²) in [5, 5.41) is 2.98. The quantitative estimate of drug-likeness (QED) is 0.359. The lowest BCUT2D eigenvalue weighted by atomic mass is 10.1. The molecule has 4 N–H and O–H groups in total. The van der Waals surface area contributed by atoms with E-state index in [1.807, 2.05) is 19.1 Å². The Balaban J connectivity index is 1.93. The second kappa shape index (κ2) is 7.76. The molecular weight excluding hydrogens is 372 g/mol. The number of hydrogen-bond acceptors (Lipinski definition) is 5. The Morgan fingerprint density at radius 1 is 1.41 bits per heavy atom. The zero-order chi connectivity index (χ0) is 20.5. The van der Waals surface area contributed by atoms with Crippen LogP contribution < -0.4 is 26.1 Å². The summed E-state index contributed by atoms with van der Waals surface area (Å²) in [5.74, 6) is -0.0139. The van der Waals surface area contributed by atoms with E-state index in [-0.39, 0.29) is 17.0 Å². The van der Waals surface area contributed by atoms with Gasteiger partial charge in [-0.2, -0.15) is 0 Å². The average Bonchev–Trinajstić information content (AvgIpc) is 2.74. The topological polar surface area (TPSA) is 107 Å². The summed E-state index contributed by atoms with van der Waals surface area (Å²) in [6.45, 7) is 6.58. The minimum Gasteiger partial charge on any atom is -0.370 e. The van der Waals surface area contributed by atoms with E-state index < -0.39 is 0 Å². The van der Waals surface area contributed by atoms with Gasteiger partial charge in [0.2, 0.25) is 11.5 Å². The van der Waals surface area contributed by atoms with Crippen LogP contribution in [0.25, 0.3) is 16.7 Å². The Morgan fingerprint density at radius 3 is 2.90 bits per heavy atom. The van der Waals surface area contributed by atoms with E-state index in [4.69, 9.17) is 15.5 Å². The van der Waals surface area contributed by atoms with Crippen LogP contribution in [-0.4, -0.2) is 55.2 Å². The normalized spacial score (nSPS) is 15.1. The predicted molar refractivity (Wildman–Crippen MR) is 108 cm³/mol. The second-order valence-electron chi connectivity index (χ2n) is 7.33. The fourth-order valence-corrected chi connectivity index (χ4v) is 3.83. The van der Waals surface area contributed by atoms with Crippen LogP contribution in [0.5, 0.6) is 0 Å². The van der Waals surface area contributed by atoms with Crippen molar-refractivity contribution in [3.05, 3.63) is 45.9 Å². The number of rotatable bonds is 4. The Labute approximate surface area is 167 Å². The maximum absolute atomic E-state index is 13.2. The smallest absolute Gasteiger partial charge is 0.278 e. The van der Waals surface area contributed by atoms with Crippen LogP contribution in [0.4, 0.5) is 5.82 Å². The molecule has 0 saturated carbocycles. The van der Waals surface area contributed by atoms with Crippen molar-refractivity contribution in [2.75, 3.05) is 45.6 Å². The first-order chi connectivity index (χ1) is 14.0. The zero-order valence-corrected chi connectivity index (χ0v) is 16.7. The first-order valence-corrected chi connectivity index (χ1v) is 9.78. The van der Waals surface area contributed by atoms with E-state index in [2.05, 4.69) is 5.32 Å². The lowest BCUT2D eigenvalue weighted by molar-refractivity contribution is -0.923. The van der Waals surface area contributed by atoms with Crippen molar-refractivity contribution in [3.63, 3.8) is 0 Å². The number of aryl methyl sites for hydroxylation is 1. The number of nitrogens with zero attached hydrogens (tertiary/aromatic N) is 3. The fraction of sp³-hybridized carbons (Fsp3) is 0.400. The highest BCUT2D eigenvalue weighted by Gasteiger charge is 2.25. The number of quaternary nitrogens is 1. The summed E-state index contributed by atoms with van der Waals surface area (Å²) in [6, 6.07) is 5.27. The molecule has 4 heterocycles. The average molecular weight is 398 g/mol. The number of nitrogens with one attached hydrogen (secondary N) is 2. The molecule has 9 heteroatoms. The van der Waals surface area contributed by atoms with Crippen LogP contribution in [0, 0.1) is 6.92 Å². The highest BCUT2D eigenvalue weighted by atomic mass is 16.5. The number of anilines is 1. The van der Waals surface area contributed by atoms with Crippen LogP contribution in [0.3, 0.4) is 0 Å². The van der Waals surface area contributed by atoms with Gasteiger partial charge in [0.25, 0.3) is 17.1 Å². The van der Waals surface area contributed by atoms with Gasteiger partial charge in [0.15, 0.2) is 0 Å². The molecule has 3 aromatic rings. The van der Waals surface area contributed by atoms with E-state index in [0.29, 0.717) is 29.0 Å². The molecule has 0 bridgehead atoms. The third-order valence-electron chi connectivity index (χ3n) is 5.54. The van der Waals surface area contributed by atoms with Crippen LogP contribution in [0.15, 0.2) is 29.2 Å². The van der Waals surface area contributed by atoms with Gasteiger partial charge < -0.3 is 20.7 Å². The molecule has 3 aromatic heterocycles. The van der Waals surface area contributed by atoms with E-state index in [1.165, 1.54) is 9.30 Å². The number of carbonyl (C=O) groups is 1. The molecule has 1 aliphatic rings. The third-order valence-corrected chi connectivity index (χ3v) is 5.54. The first-order valence-electron chi connectivity index (χ1n) is 9.78. The Kier molecular flexibility index (Phi) is 5.16. The standard InChI is InChI=1S/C20H24N6O3/c1-13-4-3-5-26-17(13)23-18-15(20(26)28)12-14(19(27)22-2)16(21)25(18)7-6-24-8-10-29-11-9-24/h3-5,12,21H,6-11H2,1-2H3,(H,22,27)/p+2. The number of hydrogen-bond donors (Lipinski definition) is 3. The molecule has 152 valence electrons. The molecule has 29 heavy (non-hydrogen) atoms. The third kappa shape index (κ3) is 3.43. The lowest BCUT2D eigenvalue weighted by Gasteiger charge is -2.23. The molecule has 0 atom stereocenters. The number of fused-ring (bicyclic) bond motifs is 2. The van der Waals surface area contributed by atoms with Gasteiger partial charge in [-0.25, -0.2) is 4.57 Å². The molecule has 0 radical (unpaired) electrons. The van der Waals surface area contributed by atoms with Gasteiger partial charge in [0, 0.05) is 18.8 Å². The molecule has 0 unspecified atom stereocenters. The summed E-state index contributed by atoms with van der Waals surface area (Å²) in [5.41, 5.74) is 8.44. The summed E-state index contributed by atoms with van der Waals surface area (Å²) < 4.78 is 8.74. The van der Waals surface area contributed by atoms with Crippen molar-refractivity contribution in [2.24, 2.45) is 0 Å². The minimum absolute atomic E-state index is 0.216. The van der Waals surface area contributed by atoms with Gasteiger partial charge in [-0.05, 0) is 19.1 Å². The van der Waals surface area contributed by atoms with Gasteiger partial charge in [-0.3, -0.25) is 14.0 Å². The van der Waals surface area contributed by atoms with E-state index in [1.54, 1.807) is 23.9 Å². The number of morpholine rings is 1. The van der Waals surface area contributed by atoms with Crippen LogP contribution in [0.1, 0.15) is 15.9 Å². The number of aromatic nitrogens is 3. The molecule has 1 fully saturated rings. The van der Waals surface area contributed by atoms with E-state index in [0.717, 1.165) is 38.4 Å². The lowest BCUT2D eigenvalue weighted by Crippen LogP contribution is -3.14. The van der Waals surface area contributed by atoms with Crippen molar-refractivity contribution in [1.82, 2.24) is 14.7 Å². The van der Waals surface area contributed by atoms with Gasteiger partial charge in [0.05, 0.1) is 13.2 Å². The second-order valence-corrected chi connectivity index (χ2v) is 7.33. The molecular formula is C20H26N6O3+2. The maximum atomic E-state index is 13.2. The molecule has 4 rings (SSSR count). The van der Waals surface area contributed by atoms with Crippen LogP contribution >= 0.6 is 0 Å². The Morgan fingerprint density at radius 2 is 2.17 bits per heavy atom. The van der Waals surface area contributed by atoms with Gasteiger partial charge in [-0.1, -0.05) is 11.1 Å². The predicted octanol–water partition coefficient (Wildman–Crippen LogP) is -1.70. The summed E-state index contributed by atoms with van der Waals surface area (Å²) in [7, 11) is 1.54. The summed E-state index contributed by atoms with van der Waals surface area (Å²) >= 11 is 0. The van der Waals surface area contributed by atoms with Gasteiger partial charge >= 0.3 is 0 Å². The number of pyridine rings is 2. The SMILES string of the molecule is CNC(=O)c1cc2c(=O)n3cccc(C)c3nc2[n+](CC[NH+]2CCOCC2)c1N. The van der Waals surface area contributed by atoms with Crippen molar-refractivity contribution >= 4 is 28.4 Å². The Hall–Kier alpha value is -3.04. The molecule has 1 amide bonds. The molecule has 9 nitrogen and oxygen atoms in total. The fourth-order valence-electron chi connectivity index (χ4n) is 3.83. The molecule has 1 aliphatic heterocycles. The van der Waals surface area contributed by atoms with E-state index >= 15 is 0 Å². The molecule has 1 saturated heterocycles. The van der Waals surface area contributed by atoms with Crippen LogP contribution in [0.2, 0.25) is 0 Å². The van der Waals surface area contributed by atoms with Gasteiger partial charge in [0.1, 0.15) is 37.1 Å². The summed E-state index contributed by atoms with van der Waals surface area (Å²) in [6.07, 6.45) is 1.69. The number of ether oxygens (including phenoxy) is 1. The van der Waals surface area contributed by atoms with Crippen molar-refractivity contribution in [2.45, 2.75) is 13.5 Å². The van der Waals surface area contributed by atoms with Crippen molar-refractivity contribution < 1.29 is 19.0 Å². The molecule has 0 aliphatic carbocycles. The number of amides is 1. The number of carbonyl (C=O) groups excluding carboxylic acids is 1. The largest absolute Gasteiger partial charge is 0.370 e. The highest BCUT2D eigenvalue weighted by Crippen LogP contribution is 2.15. The monoisotopic (exact) mass is 398 g/mol. The number of nitrogens with two attached hydrogens (primary N) is 1. The van der Waals surface area contributed by atoms with Crippen molar-refractivity contribution in [3.8, 4) is 0 Å². The van der Waals surface area contributed by atoms with Crippen LogP contribution in [-0.2, 0) is 11.3 Å². The van der Waals surface area contributed by atoms with E-state index in [9.17, 15) is 9.59 Å². The Bertz CT molecular complexity index is 1150. The molecule has 0 aromatic carbocycles. The van der Waals surface area contributed by atoms with Gasteiger partial charge in [-0.15, -0.1) is 0 Å². The minimum atomic E-state index is -0.328. The molecule has 0 spiro atoms. The summed E-state index contributed by atoms with van der Waals surface area (Å²) in [4.78, 5) is 31.8. The zero-order valence-electron chi connectivity index (χ0n) is 16.7. The first kappa shape index (κ1) is 19.3. The maximum Gasteiger partial charge on any atom is 0.278 e. The van der Waals surface area contributed by atoms with Crippen molar-refractivity contribution in [1.29, 1.82) is 0 Å².